The molecule has 1 saturated heterocycles. The first-order valence-electron chi connectivity index (χ1n) is 9.90. The molecule has 2 aromatic rings. The van der Waals surface area contributed by atoms with Crippen LogP contribution in [0.25, 0.3) is 0 Å². The molecular formula is C23H22Cl2N2O2. The first-order valence-corrected chi connectivity index (χ1v) is 10.7. The quantitative estimate of drug-likeness (QED) is 0.552. The maximum Gasteiger partial charge on any atom is 0.235 e. The van der Waals surface area contributed by atoms with E-state index in [1.54, 1.807) is 0 Å². The van der Waals surface area contributed by atoms with Crippen LogP contribution in [0.2, 0.25) is 0 Å². The Balaban J connectivity index is 1.70. The van der Waals surface area contributed by atoms with Gasteiger partial charge in [-0.3, -0.25) is 14.5 Å². The molecule has 2 atom stereocenters. The van der Waals surface area contributed by atoms with Gasteiger partial charge in [0.2, 0.25) is 11.8 Å². The summed E-state index contributed by atoms with van der Waals surface area (Å²) in [7, 11) is 3.95. The number of likely N-dealkylation sites (tertiary alicyclic amines) is 1. The second-order valence-electron chi connectivity index (χ2n) is 8.45. The number of hydrogen-bond acceptors (Lipinski definition) is 3. The van der Waals surface area contributed by atoms with E-state index < -0.39 is 21.6 Å². The van der Waals surface area contributed by atoms with E-state index in [0.717, 1.165) is 28.8 Å². The van der Waals surface area contributed by atoms with Crippen molar-refractivity contribution in [3.05, 3.63) is 70.8 Å². The van der Waals surface area contributed by atoms with E-state index in [9.17, 15) is 9.59 Å². The van der Waals surface area contributed by atoms with E-state index in [0.29, 0.717) is 13.0 Å². The summed E-state index contributed by atoms with van der Waals surface area (Å²) in [4.78, 5) is 28.3. The van der Waals surface area contributed by atoms with Crippen LogP contribution in [-0.4, -0.2) is 48.8 Å². The van der Waals surface area contributed by atoms with E-state index in [4.69, 9.17) is 23.2 Å². The Hall–Kier alpha value is -1.88. The van der Waals surface area contributed by atoms with Crippen LogP contribution in [0.15, 0.2) is 48.5 Å². The van der Waals surface area contributed by atoms with Gasteiger partial charge in [0.25, 0.3) is 0 Å². The fourth-order valence-corrected chi connectivity index (χ4v) is 6.59. The highest BCUT2D eigenvalue weighted by atomic mass is 35.5. The first kappa shape index (κ1) is 19.1. The molecule has 0 radical (unpaired) electrons. The lowest BCUT2D eigenvalue weighted by Gasteiger charge is -2.54. The number of carbonyl (C=O) groups is 2. The van der Waals surface area contributed by atoms with Crippen molar-refractivity contribution in [2.75, 3.05) is 27.2 Å². The number of imide groups is 1. The molecule has 4 aliphatic rings. The third-order valence-corrected chi connectivity index (χ3v) is 7.95. The van der Waals surface area contributed by atoms with Crippen molar-refractivity contribution in [2.45, 2.75) is 16.2 Å². The Kier molecular flexibility index (Phi) is 4.16. The predicted molar refractivity (Wildman–Crippen MR) is 113 cm³/mol. The molecule has 2 aromatic carbocycles. The molecule has 4 nitrogen and oxygen atoms in total. The minimum absolute atomic E-state index is 0.206. The molecule has 1 heterocycles. The molecule has 0 N–H and O–H groups in total. The van der Waals surface area contributed by atoms with Crippen LogP contribution in [0.5, 0.6) is 0 Å². The third-order valence-electron chi connectivity index (χ3n) is 6.66. The average molecular weight is 429 g/mol. The maximum absolute atomic E-state index is 13.5. The zero-order valence-corrected chi connectivity index (χ0v) is 17.9. The van der Waals surface area contributed by atoms with Crippen molar-refractivity contribution in [1.29, 1.82) is 0 Å². The van der Waals surface area contributed by atoms with Gasteiger partial charge in [0.15, 0.2) is 0 Å². The maximum atomic E-state index is 13.5. The Bertz CT molecular complexity index is 914. The van der Waals surface area contributed by atoms with Gasteiger partial charge in [-0.15, -0.1) is 23.2 Å². The van der Waals surface area contributed by atoms with Gasteiger partial charge in [0.1, 0.15) is 9.75 Å². The second kappa shape index (κ2) is 6.31. The fourth-order valence-electron chi connectivity index (χ4n) is 5.49. The molecule has 1 fully saturated rings. The highest BCUT2D eigenvalue weighted by molar-refractivity contribution is 6.35. The molecule has 6 heteroatoms. The Morgan fingerprint density at radius 2 is 1.21 bits per heavy atom. The zero-order valence-electron chi connectivity index (χ0n) is 16.4. The van der Waals surface area contributed by atoms with E-state index in [1.807, 2.05) is 67.5 Å². The molecule has 2 bridgehead atoms. The van der Waals surface area contributed by atoms with Gasteiger partial charge in [0.05, 0.1) is 11.8 Å². The smallest absolute Gasteiger partial charge is 0.235 e. The van der Waals surface area contributed by atoms with E-state index in [-0.39, 0.29) is 11.8 Å². The summed E-state index contributed by atoms with van der Waals surface area (Å²) in [6, 6.07) is 15.4. The van der Waals surface area contributed by atoms with Crippen LogP contribution in [-0.2, 0) is 19.3 Å². The number of amides is 2. The van der Waals surface area contributed by atoms with Crippen molar-refractivity contribution in [3.8, 4) is 0 Å². The van der Waals surface area contributed by atoms with Crippen LogP contribution in [0, 0.1) is 11.8 Å². The second-order valence-corrected chi connectivity index (χ2v) is 9.65. The molecule has 1 aliphatic heterocycles. The van der Waals surface area contributed by atoms with Crippen molar-refractivity contribution in [1.82, 2.24) is 9.80 Å². The fraction of sp³-hybridized carbons (Fsp3) is 0.391. The van der Waals surface area contributed by atoms with Gasteiger partial charge >= 0.3 is 0 Å². The molecule has 150 valence electrons. The standard InChI is InChI=1S/C23H22Cl2N2O2/c1-26(2)12-7-13-27-20(28)18-19(21(27)29)23(25)15-9-4-3-8-14(15)22(18,24)16-10-5-6-11-17(16)23/h3-6,8-11,18-19H,7,12-13H2,1-2H3. The molecule has 29 heavy (non-hydrogen) atoms. The minimum Gasteiger partial charge on any atom is -0.309 e. The van der Waals surface area contributed by atoms with Crippen LogP contribution in [0.4, 0.5) is 0 Å². The van der Waals surface area contributed by atoms with Gasteiger partial charge in [-0.25, -0.2) is 0 Å². The number of carbonyl (C=O) groups excluding carboxylic acids is 2. The summed E-state index contributed by atoms with van der Waals surface area (Å²) in [6.45, 7) is 1.18. The summed E-state index contributed by atoms with van der Waals surface area (Å²) in [6.07, 6.45) is 0.717. The lowest BCUT2D eigenvalue weighted by Crippen LogP contribution is -2.57. The lowest BCUT2D eigenvalue weighted by molar-refractivity contribution is -0.140. The van der Waals surface area contributed by atoms with Crippen molar-refractivity contribution in [3.63, 3.8) is 0 Å². The summed E-state index contributed by atoms with van der Waals surface area (Å²) >= 11 is 14.7. The van der Waals surface area contributed by atoms with E-state index >= 15 is 0 Å². The first-order chi connectivity index (χ1) is 13.8. The summed E-state index contributed by atoms with van der Waals surface area (Å²) in [5.74, 6) is -1.80. The normalized spacial score (nSPS) is 31.8. The zero-order chi connectivity index (χ0) is 20.6. The number of benzene rings is 2. The van der Waals surface area contributed by atoms with Crippen molar-refractivity contribution < 1.29 is 9.59 Å². The Labute approximate surface area is 180 Å². The van der Waals surface area contributed by atoms with Crippen LogP contribution < -0.4 is 0 Å². The number of hydrogen-bond donors (Lipinski definition) is 0. The lowest BCUT2D eigenvalue weighted by atomic mass is 9.54. The van der Waals surface area contributed by atoms with Gasteiger partial charge in [0, 0.05) is 6.54 Å². The van der Waals surface area contributed by atoms with Gasteiger partial charge in [-0.1, -0.05) is 48.5 Å². The predicted octanol–water partition coefficient (Wildman–Crippen LogP) is 3.53. The SMILES string of the molecule is CN(C)CCCN1C(=O)C2C(C1=O)C1(Cl)c3ccccc3C2(Cl)c2ccccc21. The van der Waals surface area contributed by atoms with Crippen LogP contribution in [0.3, 0.4) is 0 Å². The van der Waals surface area contributed by atoms with Crippen LogP contribution in [0.1, 0.15) is 28.7 Å². The highest BCUT2D eigenvalue weighted by Crippen LogP contribution is 2.69. The van der Waals surface area contributed by atoms with Crippen LogP contribution >= 0.6 is 23.2 Å². The number of alkyl halides is 2. The van der Waals surface area contributed by atoms with Gasteiger partial charge < -0.3 is 4.90 Å². The number of halogens is 2. The molecule has 2 amide bonds. The van der Waals surface area contributed by atoms with E-state index in [1.165, 1.54) is 4.90 Å². The molecule has 3 aliphatic carbocycles. The Morgan fingerprint density at radius 3 is 1.55 bits per heavy atom. The number of rotatable bonds is 4. The van der Waals surface area contributed by atoms with Crippen molar-refractivity contribution >= 4 is 35.0 Å². The Morgan fingerprint density at radius 1 is 0.828 bits per heavy atom. The summed E-state index contributed by atoms with van der Waals surface area (Å²) in [5.41, 5.74) is 3.36. The summed E-state index contributed by atoms with van der Waals surface area (Å²) in [5, 5.41) is 0. The molecule has 0 spiro atoms. The summed E-state index contributed by atoms with van der Waals surface area (Å²) < 4.78 is 0. The molecular weight excluding hydrogens is 407 g/mol. The van der Waals surface area contributed by atoms with Gasteiger partial charge in [-0.2, -0.15) is 0 Å². The van der Waals surface area contributed by atoms with Crippen molar-refractivity contribution in [2.24, 2.45) is 11.8 Å². The molecule has 2 unspecified atom stereocenters. The van der Waals surface area contributed by atoms with E-state index in [2.05, 4.69) is 0 Å². The topological polar surface area (TPSA) is 40.6 Å². The largest absolute Gasteiger partial charge is 0.309 e. The van der Waals surface area contributed by atoms with Gasteiger partial charge in [-0.05, 0) is 49.3 Å². The highest BCUT2D eigenvalue weighted by Gasteiger charge is 2.72. The molecule has 6 rings (SSSR count). The number of nitrogens with zero attached hydrogens (tertiary/aromatic N) is 2. The molecule has 0 aromatic heterocycles. The average Bonchev–Trinajstić information content (AvgIpc) is 2.97. The minimum atomic E-state index is -1.09. The molecule has 0 saturated carbocycles. The monoisotopic (exact) mass is 428 g/mol. The third kappa shape index (κ3) is 2.25.